The Kier molecular flexibility index (Phi) is 4.01. The third-order valence-corrected chi connectivity index (χ3v) is 7.73. The van der Waals surface area contributed by atoms with E-state index in [9.17, 15) is 9.59 Å². The number of hydrogen-bond donors (Lipinski definition) is 2. The summed E-state index contributed by atoms with van der Waals surface area (Å²) in [6, 6.07) is 21.7. The van der Waals surface area contributed by atoms with E-state index in [-0.39, 0.29) is 11.8 Å². The highest BCUT2D eigenvalue weighted by Gasteiger charge is 2.36. The van der Waals surface area contributed by atoms with Crippen molar-refractivity contribution in [1.29, 1.82) is 0 Å². The first kappa shape index (κ1) is 20.6. The number of aromatic nitrogens is 2. The topological polar surface area (TPSA) is 79.4 Å². The van der Waals surface area contributed by atoms with E-state index in [4.69, 9.17) is 4.74 Å². The molecule has 2 aromatic heterocycles. The van der Waals surface area contributed by atoms with Gasteiger partial charge in [0.15, 0.2) is 0 Å². The quantitative estimate of drug-likeness (QED) is 0.315. The zero-order valence-electron chi connectivity index (χ0n) is 20.1. The van der Waals surface area contributed by atoms with E-state index in [0.29, 0.717) is 16.9 Å². The van der Waals surface area contributed by atoms with E-state index in [1.54, 1.807) is 0 Å². The van der Waals surface area contributed by atoms with Gasteiger partial charge in [0.05, 0.1) is 27.7 Å². The standard InChI is InChI=1S/C30H22N4O3/c1-33-12-13-34-27-16(15-33)6-5-9-19(27)23-25-24(29(35)32-30(25)36)22-20-14-18(37-17-7-3-2-4-8-17)10-11-21(20)31-26(22)28(23)34/h2-11,14,31H,12-13,15H2,1H3,(H,32,35,36). The van der Waals surface area contributed by atoms with Crippen molar-refractivity contribution < 1.29 is 14.3 Å². The second kappa shape index (κ2) is 7.21. The molecule has 7 heteroatoms. The fourth-order valence-corrected chi connectivity index (χ4v) is 6.22. The second-order valence-electron chi connectivity index (χ2n) is 9.96. The lowest BCUT2D eigenvalue weighted by Gasteiger charge is -2.13. The molecule has 2 aliphatic rings. The first-order valence-corrected chi connectivity index (χ1v) is 12.4. The molecule has 0 bridgehead atoms. The van der Waals surface area contributed by atoms with Crippen LogP contribution in [0.5, 0.6) is 11.5 Å². The molecule has 37 heavy (non-hydrogen) atoms. The second-order valence-corrected chi connectivity index (χ2v) is 9.96. The number of ether oxygens (including phenoxy) is 1. The zero-order chi connectivity index (χ0) is 24.8. The summed E-state index contributed by atoms with van der Waals surface area (Å²) in [7, 11) is 2.13. The summed E-state index contributed by atoms with van der Waals surface area (Å²) in [4.78, 5) is 32.4. The summed E-state index contributed by atoms with van der Waals surface area (Å²) < 4.78 is 8.45. The van der Waals surface area contributed by atoms with Gasteiger partial charge in [-0.3, -0.25) is 14.9 Å². The molecule has 4 aromatic carbocycles. The lowest BCUT2D eigenvalue weighted by molar-refractivity contribution is 0.0880. The van der Waals surface area contributed by atoms with Gasteiger partial charge < -0.3 is 19.2 Å². The molecule has 0 saturated carbocycles. The number of nitrogens with zero attached hydrogens (tertiary/aromatic N) is 2. The summed E-state index contributed by atoms with van der Waals surface area (Å²) in [6.07, 6.45) is 0. The predicted molar refractivity (Wildman–Crippen MR) is 143 cm³/mol. The SMILES string of the molecule is CN1CCn2c3c(cccc3c3c4c(c5c6cc(Oc7ccccc7)ccc6[nH]c5c32)C(=O)NC4=O)C1. The molecule has 2 N–H and O–H groups in total. The average molecular weight is 487 g/mol. The van der Waals surface area contributed by atoms with Gasteiger partial charge in [-0.15, -0.1) is 0 Å². The molecule has 2 amide bonds. The van der Waals surface area contributed by atoms with Crippen LogP contribution >= 0.6 is 0 Å². The van der Waals surface area contributed by atoms with Gasteiger partial charge >= 0.3 is 0 Å². The zero-order valence-corrected chi connectivity index (χ0v) is 20.1. The fraction of sp³-hybridized carbons (Fsp3) is 0.133. The van der Waals surface area contributed by atoms with Crippen LogP contribution in [0.15, 0.2) is 66.7 Å². The lowest BCUT2D eigenvalue weighted by atomic mass is 9.96. The van der Waals surface area contributed by atoms with Crippen LogP contribution < -0.4 is 10.1 Å². The molecule has 0 atom stereocenters. The monoisotopic (exact) mass is 486 g/mol. The van der Waals surface area contributed by atoms with Crippen LogP contribution in [0.1, 0.15) is 26.3 Å². The Hall–Kier alpha value is -4.62. The molecule has 4 heterocycles. The summed E-state index contributed by atoms with van der Waals surface area (Å²) in [6.45, 7) is 2.50. The van der Waals surface area contributed by atoms with Crippen LogP contribution in [0.25, 0.3) is 43.6 Å². The molecule has 6 aromatic rings. The van der Waals surface area contributed by atoms with Crippen molar-refractivity contribution in [1.82, 2.24) is 19.8 Å². The number of para-hydroxylation sites is 2. The average Bonchev–Trinajstić information content (AvgIpc) is 3.48. The molecule has 0 aliphatic carbocycles. The van der Waals surface area contributed by atoms with E-state index in [1.165, 1.54) is 5.56 Å². The summed E-state index contributed by atoms with van der Waals surface area (Å²) in [5.41, 5.74) is 5.99. The van der Waals surface area contributed by atoms with Gasteiger partial charge in [-0.25, -0.2) is 0 Å². The molecule has 2 aliphatic heterocycles. The van der Waals surface area contributed by atoms with Gasteiger partial charge in [-0.2, -0.15) is 0 Å². The van der Waals surface area contributed by atoms with E-state index in [2.05, 4.69) is 38.9 Å². The molecular formula is C30H22N4O3. The number of aromatic amines is 1. The van der Waals surface area contributed by atoms with Crippen molar-refractivity contribution in [3.63, 3.8) is 0 Å². The van der Waals surface area contributed by atoms with Crippen LogP contribution in [0.2, 0.25) is 0 Å². The van der Waals surface area contributed by atoms with Crippen LogP contribution in [0.3, 0.4) is 0 Å². The number of benzene rings is 4. The number of amides is 2. The maximum atomic E-state index is 13.3. The van der Waals surface area contributed by atoms with Gasteiger partial charge in [-0.05, 0) is 42.9 Å². The summed E-state index contributed by atoms with van der Waals surface area (Å²) in [5, 5.41) is 6.05. The minimum absolute atomic E-state index is 0.337. The lowest BCUT2D eigenvalue weighted by Crippen LogP contribution is -2.20. The fourth-order valence-electron chi connectivity index (χ4n) is 6.22. The Morgan fingerprint density at radius 1 is 0.784 bits per heavy atom. The molecule has 8 rings (SSSR count). The number of carbonyl (C=O) groups excluding carboxylic acids is 2. The maximum Gasteiger partial charge on any atom is 0.259 e. The molecule has 0 saturated heterocycles. The Balaban J connectivity index is 1.53. The van der Waals surface area contributed by atoms with Crippen molar-refractivity contribution in [3.8, 4) is 11.5 Å². The van der Waals surface area contributed by atoms with E-state index in [1.807, 2.05) is 54.6 Å². The highest BCUT2D eigenvalue weighted by molar-refractivity contribution is 6.39. The van der Waals surface area contributed by atoms with E-state index < -0.39 is 0 Å². The Bertz CT molecular complexity index is 1970. The molecular weight excluding hydrogens is 464 g/mol. The number of nitrogens with one attached hydrogen (secondary N) is 2. The third-order valence-electron chi connectivity index (χ3n) is 7.73. The predicted octanol–water partition coefficient (Wildman–Crippen LogP) is 5.55. The summed E-state index contributed by atoms with van der Waals surface area (Å²) in [5.74, 6) is 0.709. The van der Waals surface area contributed by atoms with Crippen LogP contribution in [-0.4, -0.2) is 39.9 Å². The minimum atomic E-state index is -0.355. The molecule has 0 unspecified atom stereocenters. The molecule has 0 spiro atoms. The Labute approximate surface area is 211 Å². The first-order chi connectivity index (χ1) is 18.1. The highest BCUT2D eigenvalue weighted by atomic mass is 16.5. The van der Waals surface area contributed by atoms with Gasteiger partial charge in [0.25, 0.3) is 11.8 Å². The number of H-pyrrole nitrogens is 1. The molecule has 0 fully saturated rings. The third kappa shape index (κ3) is 2.74. The molecule has 7 nitrogen and oxygen atoms in total. The van der Waals surface area contributed by atoms with Crippen molar-refractivity contribution in [3.05, 3.63) is 83.4 Å². The summed E-state index contributed by atoms with van der Waals surface area (Å²) >= 11 is 0. The largest absolute Gasteiger partial charge is 0.457 e. The number of likely N-dealkylation sites (N-methyl/N-ethyl adjacent to an activating group) is 1. The maximum absolute atomic E-state index is 13.3. The number of rotatable bonds is 2. The number of fused-ring (bicyclic) bond motifs is 10. The van der Waals surface area contributed by atoms with E-state index in [0.717, 1.165) is 69.0 Å². The number of carbonyl (C=O) groups is 2. The first-order valence-electron chi connectivity index (χ1n) is 12.4. The minimum Gasteiger partial charge on any atom is -0.457 e. The molecule has 0 radical (unpaired) electrons. The Morgan fingerprint density at radius 2 is 1.59 bits per heavy atom. The van der Waals surface area contributed by atoms with Crippen LogP contribution in [0, 0.1) is 0 Å². The smallest absolute Gasteiger partial charge is 0.259 e. The van der Waals surface area contributed by atoms with E-state index >= 15 is 0 Å². The van der Waals surface area contributed by atoms with Crippen molar-refractivity contribution in [2.24, 2.45) is 0 Å². The Morgan fingerprint density at radius 3 is 2.43 bits per heavy atom. The van der Waals surface area contributed by atoms with Crippen LogP contribution in [0.4, 0.5) is 0 Å². The van der Waals surface area contributed by atoms with Crippen molar-refractivity contribution in [2.75, 3.05) is 13.6 Å². The van der Waals surface area contributed by atoms with Gasteiger partial charge in [0, 0.05) is 46.7 Å². The molecule has 180 valence electrons. The number of imide groups is 1. The van der Waals surface area contributed by atoms with Crippen LogP contribution in [-0.2, 0) is 13.1 Å². The van der Waals surface area contributed by atoms with Gasteiger partial charge in [-0.1, -0.05) is 36.4 Å². The van der Waals surface area contributed by atoms with Crippen molar-refractivity contribution in [2.45, 2.75) is 13.1 Å². The van der Waals surface area contributed by atoms with Gasteiger partial charge in [0.2, 0.25) is 0 Å². The highest BCUT2D eigenvalue weighted by Crippen LogP contribution is 2.45. The van der Waals surface area contributed by atoms with Crippen molar-refractivity contribution >= 4 is 55.4 Å². The van der Waals surface area contributed by atoms with Gasteiger partial charge in [0.1, 0.15) is 11.5 Å². The normalized spacial score (nSPS) is 15.6. The number of hydrogen-bond acceptors (Lipinski definition) is 4.